The highest BCUT2D eigenvalue weighted by molar-refractivity contribution is 5.46. The lowest BCUT2D eigenvalue weighted by molar-refractivity contribution is 0.306. The zero-order chi connectivity index (χ0) is 13.1. The second-order valence-corrected chi connectivity index (χ2v) is 4.28. The van der Waals surface area contributed by atoms with Crippen molar-refractivity contribution >= 4 is 5.82 Å². The summed E-state index contributed by atoms with van der Waals surface area (Å²) in [4.78, 5) is 0. The second-order valence-electron chi connectivity index (χ2n) is 4.28. The van der Waals surface area contributed by atoms with Crippen molar-refractivity contribution in [1.29, 1.82) is 0 Å². The number of nitrogens with zero attached hydrogens (tertiary/aromatic N) is 2. The molecule has 0 amide bonds. The minimum atomic E-state index is 0.447. The van der Waals surface area contributed by atoms with Crippen molar-refractivity contribution in [2.24, 2.45) is 12.9 Å². The number of aromatic nitrogens is 2. The number of nitrogens with one attached hydrogen (secondary N) is 1. The molecule has 5 nitrogen and oxygen atoms in total. The van der Waals surface area contributed by atoms with E-state index in [1.807, 2.05) is 45.2 Å². The number of hydrazine groups is 1. The highest BCUT2D eigenvalue weighted by Crippen LogP contribution is 2.20. The Bertz CT molecular complexity index is 531. The molecule has 2 aromatic rings. The maximum absolute atomic E-state index is 5.73. The summed E-state index contributed by atoms with van der Waals surface area (Å²) in [5, 5.41) is 4.30. The number of nitrogen functional groups attached to an aromatic ring is 1. The number of benzene rings is 1. The van der Waals surface area contributed by atoms with Gasteiger partial charge in [-0.2, -0.15) is 5.10 Å². The van der Waals surface area contributed by atoms with Gasteiger partial charge in [0.25, 0.3) is 0 Å². The van der Waals surface area contributed by atoms with E-state index >= 15 is 0 Å². The zero-order valence-electron chi connectivity index (χ0n) is 10.9. The Kier molecular flexibility index (Phi) is 3.53. The van der Waals surface area contributed by atoms with Crippen LogP contribution in [0.5, 0.6) is 5.75 Å². The summed E-state index contributed by atoms with van der Waals surface area (Å²) >= 11 is 0. The van der Waals surface area contributed by atoms with E-state index in [4.69, 9.17) is 10.6 Å². The maximum atomic E-state index is 5.73. The summed E-state index contributed by atoms with van der Waals surface area (Å²) in [5.74, 6) is 7.10. The predicted octanol–water partition coefficient (Wildman–Crippen LogP) is 1.90. The van der Waals surface area contributed by atoms with Crippen LogP contribution in [0.1, 0.15) is 16.8 Å². The average molecular weight is 246 g/mol. The van der Waals surface area contributed by atoms with Gasteiger partial charge in [0.1, 0.15) is 18.2 Å². The zero-order valence-corrected chi connectivity index (χ0v) is 10.9. The smallest absolute Gasteiger partial charge is 0.145 e. The van der Waals surface area contributed by atoms with Gasteiger partial charge >= 0.3 is 0 Å². The fraction of sp³-hybridized carbons (Fsp3) is 0.308. The first-order valence-corrected chi connectivity index (χ1v) is 5.80. The lowest BCUT2D eigenvalue weighted by Gasteiger charge is -2.08. The van der Waals surface area contributed by atoms with Crippen molar-refractivity contribution in [2.75, 3.05) is 5.43 Å². The van der Waals surface area contributed by atoms with Gasteiger partial charge in [-0.15, -0.1) is 0 Å². The molecule has 5 heteroatoms. The van der Waals surface area contributed by atoms with Crippen LogP contribution in [0, 0.1) is 13.8 Å². The van der Waals surface area contributed by atoms with Crippen LogP contribution in [0.25, 0.3) is 0 Å². The Morgan fingerprint density at radius 3 is 2.56 bits per heavy atom. The molecule has 0 aliphatic rings. The fourth-order valence-electron chi connectivity index (χ4n) is 1.85. The number of aryl methyl sites for hydroxylation is 3. The summed E-state index contributed by atoms with van der Waals surface area (Å²) in [5.41, 5.74) is 5.75. The van der Waals surface area contributed by atoms with Gasteiger partial charge in [0.05, 0.1) is 11.3 Å². The summed E-state index contributed by atoms with van der Waals surface area (Å²) in [7, 11) is 1.84. The Hall–Kier alpha value is -2.01. The van der Waals surface area contributed by atoms with Crippen molar-refractivity contribution in [3.8, 4) is 5.75 Å². The molecular formula is C13H18N4O. The second kappa shape index (κ2) is 5.10. The number of ether oxygens (including phenoxy) is 1. The van der Waals surface area contributed by atoms with Gasteiger partial charge in [0, 0.05) is 7.05 Å². The van der Waals surface area contributed by atoms with Crippen LogP contribution in [0.2, 0.25) is 0 Å². The first-order chi connectivity index (χ1) is 8.61. The summed E-state index contributed by atoms with van der Waals surface area (Å²) in [6, 6.07) is 7.95. The largest absolute Gasteiger partial charge is 0.489 e. The van der Waals surface area contributed by atoms with Crippen molar-refractivity contribution in [3.63, 3.8) is 0 Å². The van der Waals surface area contributed by atoms with Crippen LogP contribution in [0.4, 0.5) is 5.82 Å². The third kappa shape index (κ3) is 2.46. The van der Waals surface area contributed by atoms with Gasteiger partial charge in [-0.3, -0.25) is 4.68 Å². The first kappa shape index (κ1) is 12.4. The van der Waals surface area contributed by atoms with Crippen molar-refractivity contribution in [2.45, 2.75) is 20.5 Å². The Morgan fingerprint density at radius 1 is 1.28 bits per heavy atom. The molecule has 0 aliphatic carbocycles. The molecule has 0 atom stereocenters. The summed E-state index contributed by atoms with van der Waals surface area (Å²) in [6.45, 7) is 4.43. The molecular weight excluding hydrogens is 228 g/mol. The first-order valence-electron chi connectivity index (χ1n) is 5.80. The third-order valence-corrected chi connectivity index (χ3v) is 2.89. The van der Waals surface area contributed by atoms with Gasteiger partial charge < -0.3 is 10.2 Å². The van der Waals surface area contributed by atoms with Gasteiger partial charge in [0.2, 0.25) is 0 Å². The fourth-order valence-corrected chi connectivity index (χ4v) is 1.85. The van der Waals surface area contributed by atoms with E-state index in [1.165, 1.54) is 5.56 Å². The molecule has 18 heavy (non-hydrogen) atoms. The highest BCUT2D eigenvalue weighted by Gasteiger charge is 2.12. The minimum Gasteiger partial charge on any atom is -0.489 e. The van der Waals surface area contributed by atoms with Crippen LogP contribution < -0.4 is 16.0 Å². The molecule has 1 aromatic carbocycles. The monoisotopic (exact) mass is 246 g/mol. The Balaban J connectivity index is 2.12. The number of rotatable bonds is 4. The van der Waals surface area contributed by atoms with E-state index in [9.17, 15) is 0 Å². The number of anilines is 1. The molecule has 0 saturated heterocycles. The van der Waals surface area contributed by atoms with Gasteiger partial charge in [-0.25, -0.2) is 5.84 Å². The standard InChI is InChI=1S/C13H18N4O/c1-9-4-6-11(7-5-9)18-8-12-10(2)16-17(3)13(12)15-14/h4-7,15H,8,14H2,1-3H3. The van der Waals surface area contributed by atoms with E-state index in [-0.39, 0.29) is 0 Å². The number of nitrogens with two attached hydrogens (primary N) is 1. The van der Waals surface area contributed by atoms with E-state index in [1.54, 1.807) is 4.68 Å². The van der Waals surface area contributed by atoms with Gasteiger partial charge in [-0.05, 0) is 26.0 Å². The van der Waals surface area contributed by atoms with Crippen molar-refractivity contribution < 1.29 is 4.74 Å². The van der Waals surface area contributed by atoms with Crippen LogP contribution in [0.3, 0.4) is 0 Å². The predicted molar refractivity (Wildman–Crippen MR) is 71.3 cm³/mol. The van der Waals surface area contributed by atoms with Crippen molar-refractivity contribution in [3.05, 3.63) is 41.1 Å². The Labute approximate surface area is 107 Å². The summed E-state index contributed by atoms with van der Waals surface area (Å²) in [6.07, 6.45) is 0. The molecule has 2 rings (SSSR count). The molecule has 0 saturated carbocycles. The van der Waals surface area contributed by atoms with Crippen LogP contribution in [0.15, 0.2) is 24.3 Å². The highest BCUT2D eigenvalue weighted by atomic mass is 16.5. The molecule has 3 N–H and O–H groups in total. The third-order valence-electron chi connectivity index (χ3n) is 2.89. The van der Waals surface area contributed by atoms with Gasteiger partial charge in [0.15, 0.2) is 0 Å². The number of hydrogen-bond acceptors (Lipinski definition) is 4. The lowest BCUT2D eigenvalue weighted by atomic mass is 10.2. The Morgan fingerprint density at radius 2 is 1.94 bits per heavy atom. The molecule has 0 fully saturated rings. The van der Waals surface area contributed by atoms with E-state index < -0.39 is 0 Å². The molecule has 96 valence electrons. The summed E-state index contributed by atoms with van der Waals surface area (Å²) < 4.78 is 7.45. The minimum absolute atomic E-state index is 0.447. The average Bonchev–Trinajstić information content (AvgIpc) is 2.62. The van der Waals surface area contributed by atoms with Crippen molar-refractivity contribution in [1.82, 2.24) is 9.78 Å². The van der Waals surface area contributed by atoms with E-state index in [0.29, 0.717) is 6.61 Å². The number of hydrogen-bond donors (Lipinski definition) is 2. The molecule has 1 heterocycles. The molecule has 1 aromatic heterocycles. The van der Waals surface area contributed by atoms with Gasteiger partial charge in [-0.1, -0.05) is 17.7 Å². The quantitative estimate of drug-likeness (QED) is 0.639. The van der Waals surface area contributed by atoms with Crippen LogP contribution in [-0.4, -0.2) is 9.78 Å². The lowest BCUT2D eigenvalue weighted by Crippen LogP contribution is -2.13. The van der Waals surface area contributed by atoms with E-state index in [2.05, 4.69) is 10.5 Å². The normalized spacial score (nSPS) is 10.4. The van der Waals surface area contributed by atoms with E-state index in [0.717, 1.165) is 22.8 Å². The molecule has 0 bridgehead atoms. The molecule has 0 unspecified atom stereocenters. The maximum Gasteiger partial charge on any atom is 0.145 e. The SMILES string of the molecule is Cc1ccc(OCc2c(C)nn(C)c2NN)cc1. The molecule has 0 spiro atoms. The molecule has 0 radical (unpaired) electrons. The van der Waals surface area contributed by atoms with Crippen LogP contribution in [-0.2, 0) is 13.7 Å². The van der Waals surface area contributed by atoms with Crippen LogP contribution >= 0.6 is 0 Å². The molecule has 0 aliphatic heterocycles. The topological polar surface area (TPSA) is 65.1 Å².